The van der Waals surface area contributed by atoms with Gasteiger partial charge in [0.15, 0.2) is 6.61 Å². The molecule has 7 nitrogen and oxygen atoms in total. The van der Waals surface area contributed by atoms with Gasteiger partial charge in [-0.05, 0) is 30.3 Å². The van der Waals surface area contributed by atoms with Crippen LogP contribution in [-0.4, -0.2) is 28.6 Å². The van der Waals surface area contributed by atoms with Crippen LogP contribution in [0.3, 0.4) is 0 Å². The van der Waals surface area contributed by atoms with E-state index in [0.717, 1.165) is 5.56 Å². The van der Waals surface area contributed by atoms with Crippen LogP contribution < -0.4 is 15.6 Å². The molecule has 26 heavy (non-hydrogen) atoms. The molecule has 2 aromatic carbocycles. The fourth-order valence-corrected chi connectivity index (χ4v) is 2.23. The van der Waals surface area contributed by atoms with Crippen molar-refractivity contribution in [3.63, 3.8) is 0 Å². The third-order valence-corrected chi connectivity index (χ3v) is 3.64. The zero-order valence-corrected chi connectivity index (χ0v) is 14.3. The Balaban J connectivity index is 1.48. The van der Waals surface area contributed by atoms with E-state index in [1.165, 1.54) is 0 Å². The van der Waals surface area contributed by atoms with E-state index in [4.69, 9.17) is 16.3 Å². The molecule has 132 valence electrons. The average Bonchev–Trinajstić information content (AvgIpc) is 3.17. The van der Waals surface area contributed by atoms with Crippen molar-refractivity contribution in [2.24, 2.45) is 0 Å². The summed E-state index contributed by atoms with van der Waals surface area (Å²) in [6.45, 7) is -0.250. The Labute approximate surface area is 154 Å². The van der Waals surface area contributed by atoms with Gasteiger partial charge in [0.05, 0.1) is 5.69 Å². The lowest BCUT2D eigenvalue weighted by atomic mass is 10.1. The number of aromatic nitrogens is 2. The Morgan fingerprint density at radius 3 is 2.50 bits per heavy atom. The van der Waals surface area contributed by atoms with E-state index in [-0.39, 0.29) is 12.3 Å². The number of H-pyrrole nitrogens is 1. The summed E-state index contributed by atoms with van der Waals surface area (Å²) in [7, 11) is 0. The highest BCUT2D eigenvalue weighted by Crippen LogP contribution is 2.17. The van der Waals surface area contributed by atoms with Crippen LogP contribution in [0.5, 0.6) is 5.75 Å². The predicted octanol–water partition coefficient (Wildman–Crippen LogP) is 2.57. The highest BCUT2D eigenvalue weighted by atomic mass is 35.5. The Bertz CT molecular complexity index is 894. The summed E-state index contributed by atoms with van der Waals surface area (Å²) < 4.78 is 5.28. The average molecular weight is 371 g/mol. The molecule has 3 N–H and O–H groups in total. The van der Waals surface area contributed by atoms with E-state index < -0.39 is 11.8 Å². The van der Waals surface area contributed by atoms with Gasteiger partial charge in [0.1, 0.15) is 11.4 Å². The van der Waals surface area contributed by atoms with Crippen LogP contribution in [0.4, 0.5) is 0 Å². The van der Waals surface area contributed by atoms with Gasteiger partial charge in [-0.15, -0.1) is 0 Å². The van der Waals surface area contributed by atoms with Gasteiger partial charge in [-0.1, -0.05) is 41.9 Å². The topological polar surface area (TPSA) is 96.1 Å². The lowest BCUT2D eigenvalue weighted by Gasteiger charge is -2.08. The molecule has 0 aliphatic heterocycles. The number of carbonyl (C=O) groups excluding carboxylic acids is 2. The first-order valence-corrected chi connectivity index (χ1v) is 8.08. The van der Waals surface area contributed by atoms with E-state index in [9.17, 15) is 9.59 Å². The second kappa shape index (κ2) is 8.17. The van der Waals surface area contributed by atoms with Crippen molar-refractivity contribution in [2.75, 3.05) is 6.61 Å². The molecule has 0 bridgehead atoms. The standard InChI is InChI=1S/C18H15ClN4O3/c19-13-6-8-14(9-7-13)26-11-17(24)22-23-18(25)16-10-15(20-21-16)12-4-2-1-3-5-12/h1-10H,11H2,(H,20,21)(H,22,24)(H,23,25). The van der Waals surface area contributed by atoms with Crippen molar-refractivity contribution >= 4 is 23.4 Å². The molecular weight excluding hydrogens is 356 g/mol. The molecule has 0 radical (unpaired) electrons. The van der Waals surface area contributed by atoms with Gasteiger partial charge in [-0.3, -0.25) is 25.5 Å². The number of rotatable bonds is 5. The molecule has 3 aromatic rings. The minimum absolute atomic E-state index is 0.225. The predicted molar refractivity (Wildman–Crippen MR) is 96.6 cm³/mol. The number of halogens is 1. The molecule has 0 aliphatic rings. The number of nitrogens with one attached hydrogen (secondary N) is 3. The van der Waals surface area contributed by atoms with Crippen LogP contribution in [0.25, 0.3) is 11.3 Å². The number of hydrogen-bond acceptors (Lipinski definition) is 4. The first-order valence-electron chi connectivity index (χ1n) is 7.70. The van der Waals surface area contributed by atoms with Gasteiger partial charge in [-0.25, -0.2) is 0 Å². The van der Waals surface area contributed by atoms with Crippen molar-refractivity contribution in [1.82, 2.24) is 21.0 Å². The van der Waals surface area contributed by atoms with Crippen LogP contribution in [0.2, 0.25) is 5.02 Å². The van der Waals surface area contributed by atoms with Crippen molar-refractivity contribution in [1.29, 1.82) is 0 Å². The zero-order chi connectivity index (χ0) is 18.4. The Morgan fingerprint density at radius 2 is 1.77 bits per heavy atom. The molecule has 1 aromatic heterocycles. The molecule has 3 rings (SSSR count). The van der Waals surface area contributed by atoms with Crippen LogP contribution in [0.1, 0.15) is 10.5 Å². The maximum absolute atomic E-state index is 12.1. The fourth-order valence-electron chi connectivity index (χ4n) is 2.10. The second-order valence-electron chi connectivity index (χ2n) is 5.28. The van der Waals surface area contributed by atoms with Crippen LogP contribution in [0, 0.1) is 0 Å². The summed E-state index contributed by atoms with van der Waals surface area (Å²) in [5.41, 5.74) is 6.31. The zero-order valence-electron chi connectivity index (χ0n) is 13.5. The molecule has 1 heterocycles. The molecule has 2 amide bonds. The number of nitrogens with zero attached hydrogens (tertiary/aromatic N) is 1. The number of hydrazine groups is 1. The lowest BCUT2D eigenvalue weighted by Crippen LogP contribution is -2.44. The molecule has 0 fully saturated rings. The number of carbonyl (C=O) groups is 2. The quantitative estimate of drug-likeness (QED) is 0.601. The van der Waals surface area contributed by atoms with Gasteiger partial charge >= 0.3 is 0 Å². The van der Waals surface area contributed by atoms with Crippen molar-refractivity contribution in [3.8, 4) is 17.0 Å². The van der Waals surface area contributed by atoms with Gasteiger partial charge in [-0.2, -0.15) is 5.10 Å². The molecule has 8 heteroatoms. The molecule has 0 spiro atoms. The Hall–Kier alpha value is -3.32. The lowest BCUT2D eigenvalue weighted by molar-refractivity contribution is -0.123. The summed E-state index contributed by atoms with van der Waals surface area (Å²) in [6.07, 6.45) is 0. The van der Waals surface area contributed by atoms with E-state index in [1.54, 1.807) is 30.3 Å². The van der Waals surface area contributed by atoms with E-state index in [1.807, 2.05) is 30.3 Å². The number of benzene rings is 2. The highest BCUT2D eigenvalue weighted by Gasteiger charge is 2.12. The third kappa shape index (κ3) is 4.61. The van der Waals surface area contributed by atoms with Gasteiger partial charge < -0.3 is 4.74 Å². The minimum Gasteiger partial charge on any atom is -0.484 e. The maximum atomic E-state index is 12.1. The van der Waals surface area contributed by atoms with Crippen LogP contribution in [0.15, 0.2) is 60.7 Å². The Morgan fingerprint density at radius 1 is 1.04 bits per heavy atom. The highest BCUT2D eigenvalue weighted by molar-refractivity contribution is 6.30. The molecular formula is C18H15ClN4O3. The van der Waals surface area contributed by atoms with Crippen molar-refractivity contribution < 1.29 is 14.3 Å². The second-order valence-corrected chi connectivity index (χ2v) is 5.71. The van der Waals surface area contributed by atoms with E-state index in [2.05, 4.69) is 21.0 Å². The third-order valence-electron chi connectivity index (χ3n) is 3.39. The summed E-state index contributed by atoms with van der Waals surface area (Å²) in [4.78, 5) is 23.8. The number of aromatic amines is 1. The summed E-state index contributed by atoms with van der Waals surface area (Å²) in [5, 5.41) is 7.29. The largest absolute Gasteiger partial charge is 0.484 e. The van der Waals surface area contributed by atoms with Crippen LogP contribution >= 0.6 is 11.6 Å². The van der Waals surface area contributed by atoms with E-state index >= 15 is 0 Å². The van der Waals surface area contributed by atoms with Gasteiger partial charge in [0, 0.05) is 10.6 Å². The summed E-state index contributed by atoms with van der Waals surface area (Å²) >= 11 is 5.77. The van der Waals surface area contributed by atoms with Gasteiger partial charge in [0.25, 0.3) is 11.8 Å². The monoisotopic (exact) mass is 370 g/mol. The molecule has 0 atom stereocenters. The van der Waals surface area contributed by atoms with Crippen molar-refractivity contribution in [3.05, 3.63) is 71.4 Å². The molecule has 0 saturated carbocycles. The summed E-state index contributed by atoms with van der Waals surface area (Å²) in [5.74, 6) is -0.521. The minimum atomic E-state index is -0.514. The molecule has 0 aliphatic carbocycles. The smallest absolute Gasteiger partial charge is 0.287 e. The van der Waals surface area contributed by atoms with Crippen molar-refractivity contribution in [2.45, 2.75) is 0 Å². The number of hydrogen-bond donors (Lipinski definition) is 3. The number of amides is 2. The summed E-state index contributed by atoms with van der Waals surface area (Å²) in [6, 6.07) is 17.6. The molecule has 0 unspecified atom stereocenters. The number of ether oxygens (including phenoxy) is 1. The Kier molecular flexibility index (Phi) is 5.50. The van der Waals surface area contributed by atoms with Crippen LogP contribution in [-0.2, 0) is 4.79 Å². The normalized spacial score (nSPS) is 10.2. The fraction of sp³-hybridized carbons (Fsp3) is 0.0556. The maximum Gasteiger partial charge on any atom is 0.287 e. The SMILES string of the molecule is O=C(COc1ccc(Cl)cc1)NNC(=O)c1cc(-c2ccccc2)n[nH]1. The van der Waals surface area contributed by atoms with Gasteiger partial charge in [0.2, 0.25) is 0 Å². The first-order chi connectivity index (χ1) is 12.6. The van der Waals surface area contributed by atoms with E-state index in [0.29, 0.717) is 16.5 Å². The molecule has 0 saturated heterocycles. The first kappa shape index (κ1) is 17.5.